The SMILES string of the molecule is Cc1ncc(-c2ccc(C)c(S(=O)(=O)N3CCCC(N(C)C)CC3)c2)o1. The fraction of sp³-hybridized carbons (Fsp3) is 0.526. The van der Waals surface area contributed by atoms with Gasteiger partial charge in [0, 0.05) is 31.6 Å². The Morgan fingerprint density at radius 2 is 1.96 bits per heavy atom. The molecule has 26 heavy (non-hydrogen) atoms. The lowest BCUT2D eigenvalue weighted by Crippen LogP contribution is -2.34. The van der Waals surface area contributed by atoms with E-state index in [0.717, 1.165) is 30.4 Å². The molecule has 1 fully saturated rings. The normalized spacial score (nSPS) is 19.7. The molecule has 2 aromatic rings. The molecule has 0 aliphatic carbocycles. The first-order valence-corrected chi connectivity index (χ1v) is 10.4. The van der Waals surface area contributed by atoms with Crippen LogP contribution in [0.2, 0.25) is 0 Å². The zero-order valence-corrected chi connectivity index (χ0v) is 16.7. The summed E-state index contributed by atoms with van der Waals surface area (Å²) in [6, 6.07) is 5.85. The Bertz CT molecular complexity index is 874. The molecule has 1 saturated heterocycles. The third-order valence-electron chi connectivity index (χ3n) is 5.10. The Balaban J connectivity index is 1.91. The third kappa shape index (κ3) is 3.84. The maximum atomic E-state index is 13.3. The van der Waals surface area contributed by atoms with E-state index in [1.165, 1.54) is 0 Å². The van der Waals surface area contributed by atoms with Crippen LogP contribution >= 0.6 is 0 Å². The highest BCUT2D eigenvalue weighted by Gasteiger charge is 2.29. The molecule has 2 heterocycles. The summed E-state index contributed by atoms with van der Waals surface area (Å²) in [5.74, 6) is 1.15. The summed E-state index contributed by atoms with van der Waals surface area (Å²) in [4.78, 5) is 6.65. The van der Waals surface area contributed by atoms with Gasteiger partial charge in [0.15, 0.2) is 11.7 Å². The fourth-order valence-electron chi connectivity index (χ4n) is 3.47. The minimum Gasteiger partial charge on any atom is -0.441 e. The lowest BCUT2D eigenvalue weighted by atomic mass is 10.1. The Morgan fingerprint density at radius 1 is 1.19 bits per heavy atom. The summed E-state index contributed by atoms with van der Waals surface area (Å²) in [6.45, 7) is 4.73. The lowest BCUT2D eigenvalue weighted by molar-refractivity contribution is 0.268. The summed E-state index contributed by atoms with van der Waals surface area (Å²) in [5, 5.41) is 0. The molecule has 1 aliphatic rings. The predicted octanol–water partition coefficient (Wildman–Crippen LogP) is 3.06. The summed E-state index contributed by atoms with van der Waals surface area (Å²) in [7, 11) is 0.579. The first-order chi connectivity index (χ1) is 12.3. The summed E-state index contributed by atoms with van der Waals surface area (Å²) in [5.41, 5.74) is 1.48. The number of oxazole rings is 1. The molecule has 1 aromatic carbocycles. The number of rotatable bonds is 4. The van der Waals surface area contributed by atoms with Crippen LogP contribution in [0.4, 0.5) is 0 Å². The van der Waals surface area contributed by atoms with Crippen molar-refractivity contribution >= 4 is 10.0 Å². The van der Waals surface area contributed by atoms with Crippen LogP contribution in [0.1, 0.15) is 30.7 Å². The van der Waals surface area contributed by atoms with Gasteiger partial charge in [-0.1, -0.05) is 12.1 Å². The molecule has 0 radical (unpaired) electrons. The van der Waals surface area contributed by atoms with Gasteiger partial charge in [-0.3, -0.25) is 0 Å². The first-order valence-electron chi connectivity index (χ1n) is 8.99. The summed E-state index contributed by atoms with van der Waals surface area (Å²) in [6.07, 6.45) is 4.38. The quantitative estimate of drug-likeness (QED) is 0.819. The zero-order chi connectivity index (χ0) is 18.9. The predicted molar refractivity (Wildman–Crippen MR) is 101 cm³/mol. The maximum Gasteiger partial charge on any atom is 0.243 e. The van der Waals surface area contributed by atoms with Gasteiger partial charge in [-0.15, -0.1) is 0 Å². The minimum atomic E-state index is -3.54. The average Bonchev–Trinajstić information content (AvgIpc) is 2.86. The fourth-order valence-corrected chi connectivity index (χ4v) is 5.22. The van der Waals surface area contributed by atoms with Crippen molar-refractivity contribution < 1.29 is 12.8 Å². The monoisotopic (exact) mass is 377 g/mol. The van der Waals surface area contributed by atoms with E-state index < -0.39 is 10.0 Å². The van der Waals surface area contributed by atoms with Crippen LogP contribution in [0, 0.1) is 13.8 Å². The molecule has 1 aromatic heterocycles. The van der Waals surface area contributed by atoms with Gasteiger partial charge in [0.25, 0.3) is 0 Å². The van der Waals surface area contributed by atoms with Gasteiger partial charge < -0.3 is 9.32 Å². The molecule has 142 valence electrons. The van der Waals surface area contributed by atoms with E-state index in [0.29, 0.717) is 35.7 Å². The molecule has 7 heteroatoms. The van der Waals surface area contributed by atoms with Crippen LogP contribution in [0.15, 0.2) is 33.7 Å². The van der Waals surface area contributed by atoms with Gasteiger partial charge >= 0.3 is 0 Å². The van der Waals surface area contributed by atoms with Crippen molar-refractivity contribution in [2.45, 2.75) is 44.0 Å². The van der Waals surface area contributed by atoms with Gasteiger partial charge in [-0.05, 0) is 51.9 Å². The van der Waals surface area contributed by atoms with E-state index in [1.807, 2.05) is 19.1 Å². The molecule has 0 amide bonds. The van der Waals surface area contributed by atoms with E-state index in [-0.39, 0.29) is 0 Å². The third-order valence-corrected chi connectivity index (χ3v) is 7.14. The number of hydrogen-bond donors (Lipinski definition) is 0. The van der Waals surface area contributed by atoms with E-state index >= 15 is 0 Å². The van der Waals surface area contributed by atoms with Crippen molar-refractivity contribution in [3.8, 4) is 11.3 Å². The van der Waals surface area contributed by atoms with Crippen molar-refractivity contribution in [1.29, 1.82) is 0 Å². The Morgan fingerprint density at radius 3 is 2.62 bits per heavy atom. The van der Waals surface area contributed by atoms with Crippen LogP contribution in [0.3, 0.4) is 0 Å². The van der Waals surface area contributed by atoms with Gasteiger partial charge in [-0.25, -0.2) is 13.4 Å². The van der Waals surface area contributed by atoms with Crippen LogP contribution < -0.4 is 0 Å². The highest BCUT2D eigenvalue weighted by atomic mass is 32.2. The largest absolute Gasteiger partial charge is 0.441 e. The minimum absolute atomic E-state index is 0.354. The molecular weight excluding hydrogens is 350 g/mol. The molecule has 0 spiro atoms. The van der Waals surface area contributed by atoms with Crippen LogP contribution in [0.5, 0.6) is 0 Å². The highest BCUT2D eigenvalue weighted by molar-refractivity contribution is 7.89. The Hall–Kier alpha value is -1.70. The molecule has 0 bridgehead atoms. The van der Waals surface area contributed by atoms with Gasteiger partial charge in [0.05, 0.1) is 11.1 Å². The molecular formula is C19H27N3O3S. The van der Waals surface area contributed by atoms with E-state index in [9.17, 15) is 8.42 Å². The second kappa shape index (κ2) is 7.50. The number of benzene rings is 1. The van der Waals surface area contributed by atoms with Gasteiger partial charge in [0.2, 0.25) is 10.0 Å². The molecule has 3 rings (SSSR count). The number of sulfonamides is 1. The summed E-state index contributed by atoms with van der Waals surface area (Å²) < 4.78 is 33.8. The van der Waals surface area contributed by atoms with Crippen LogP contribution in [0.25, 0.3) is 11.3 Å². The van der Waals surface area contributed by atoms with Crippen molar-refractivity contribution in [3.05, 3.63) is 35.9 Å². The van der Waals surface area contributed by atoms with Crippen molar-refractivity contribution in [1.82, 2.24) is 14.2 Å². The standard InChI is InChI=1S/C19H27N3O3S/c1-14-7-8-16(18-13-20-15(2)25-18)12-19(14)26(23,24)22-10-5-6-17(9-11-22)21(3)4/h7-8,12-13,17H,5-6,9-11H2,1-4H3. The first kappa shape index (κ1) is 19.1. The molecule has 0 saturated carbocycles. The summed E-state index contributed by atoms with van der Waals surface area (Å²) >= 11 is 0. The molecule has 0 N–H and O–H groups in total. The van der Waals surface area contributed by atoms with Crippen molar-refractivity contribution in [3.63, 3.8) is 0 Å². The van der Waals surface area contributed by atoms with E-state index in [2.05, 4.69) is 24.0 Å². The number of hydrogen-bond acceptors (Lipinski definition) is 5. The van der Waals surface area contributed by atoms with Gasteiger partial charge in [0.1, 0.15) is 0 Å². The number of aromatic nitrogens is 1. The van der Waals surface area contributed by atoms with E-state index in [1.54, 1.807) is 23.5 Å². The van der Waals surface area contributed by atoms with Crippen LogP contribution in [-0.4, -0.2) is 55.8 Å². The maximum absolute atomic E-state index is 13.3. The van der Waals surface area contributed by atoms with E-state index in [4.69, 9.17) is 4.42 Å². The van der Waals surface area contributed by atoms with Crippen molar-refractivity contribution in [2.24, 2.45) is 0 Å². The molecule has 6 nitrogen and oxygen atoms in total. The smallest absolute Gasteiger partial charge is 0.243 e. The molecule has 1 unspecified atom stereocenters. The Labute approximate surface area is 155 Å². The second-order valence-electron chi connectivity index (χ2n) is 7.18. The highest BCUT2D eigenvalue weighted by Crippen LogP contribution is 2.29. The number of aryl methyl sites for hydroxylation is 2. The number of nitrogens with zero attached hydrogens (tertiary/aromatic N) is 3. The Kier molecular flexibility index (Phi) is 5.50. The average molecular weight is 378 g/mol. The topological polar surface area (TPSA) is 66.7 Å². The second-order valence-corrected chi connectivity index (χ2v) is 9.08. The van der Waals surface area contributed by atoms with Crippen molar-refractivity contribution in [2.75, 3.05) is 27.2 Å². The lowest BCUT2D eigenvalue weighted by Gasteiger charge is -2.23. The van der Waals surface area contributed by atoms with Gasteiger partial charge in [-0.2, -0.15) is 4.31 Å². The molecule has 1 aliphatic heterocycles. The zero-order valence-electron chi connectivity index (χ0n) is 15.9. The molecule has 1 atom stereocenters. The van der Waals surface area contributed by atoms with Crippen LogP contribution in [-0.2, 0) is 10.0 Å².